The van der Waals surface area contributed by atoms with Gasteiger partial charge in [0.15, 0.2) is 5.82 Å². The first kappa shape index (κ1) is 13.6. The van der Waals surface area contributed by atoms with E-state index in [1.165, 1.54) is 0 Å². The Hall–Kier alpha value is -1.81. The summed E-state index contributed by atoms with van der Waals surface area (Å²) in [6, 6.07) is 1.94. The fourth-order valence-corrected chi connectivity index (χ4v) is 1.68. The summed E-state index contributed by atoms with van der Waals surface area (Å²) in [5, 5.41) is 3.42. The highest BCUT2D eigenvalue weighted by atomic mass is 15.0. The molecule has 0 unspecified atom stereocenters. The summed E-state index contributed by atoms with van der Waals surface area (Å²) >= 11 is 0. The van der Waals surface area contributed by atoms with Crippen molar-refractivity contribution in [2.24, 2.45) is 0 Å². The molecule has 1 N–H and O–H groups in total. The average molecular weight is 256 g/mol. The zero-order chi connectivity index (χ0) is 13.9. The van der Waals surface area contributed by atoms with E-state index in [-0.39, 0.29) is 5.54 Å². The van der Waals surface area contributed by atoms with Crippen LogP contribution in [0.1, 0.15) is 31.9 Å². The number of nitrogens with one attached hydrogen (secondary N) is 1. The summed E-state index contributed by atoms with van der Waals surface area (Å²) in [6.45, 7) is 9.22. The van der Waals surface area contributed by atoms with Crippen molar-refractivity contribution in [3.63, 3.8) is 0 Å². The second kappa shape index (κ2) is 5.45. The van der Waals surface area contributed by atoms with Gasteiger partial charge >= 0.3 is 0 Å². The predicted octanol–water partition coefficient (Wildman–Crippen LogP) is 2.74. The molecule has 0 aliphatic carbocycles. The third-order valence-corrected chi connectivity index (χ3v) is 2.79. The van der Waals surface area contributed by atoms with Crippen LogP contribution >= 0.6 is 0 Å². The zero-order valence-electron chi connectivity index (χ0n) is 11.9. The van der Waals surface area contributed by atoms with E-state index in [1.807, 2.05) is 31.6 Å². The molecule has 0 radical (unpaired) electrons. The van der Waals surface area contributed by atoms with Gasteiger partial charge in [-0.05, 0) is 39.3 Å². The Kier molecular flexibility index (Phi) is 3.90. The van der Waals surface area contributed by atoms with E-state index in [1.54, 1.807) is 6.20 Å². The van der Waals surface area contributed by atoms with Crippen LogP contribution in [0, 0.1) is 6.92 Å². The number of rotatable bonds is 3. The number of aryl methyl sites for hydroxylation is 1. The minimum Gasteiger partial charge on any atom is -0.308 e. The first-order valence-electron chi connectivity index (χ1n) is 6.43. The molecule has 0 aliphatic rings. The summed E-state index contributed by atoms with van der Waals surface area (Å²) in [7, 11) is 0. The lowest BCUT2D eigenvalue weighted by Crippen LogP contribution is -2.35. The molecular weight excluding hydrogens is 236 g/mol. The topological polar surface area (TPSA) is 50.7 Å². The van der Waals surface area contributed by atoms with Gasteiger partial charge in [-0.1, -0.05) is 0 Å². The smallest absolute Gasteiger partial charge is 0.159 e. The van der Waals surface area contributed by atoms with E-state index in [9.17, 15) is 0 Å². The summed E-state index contributed by atoms with van der Waals surface area (Å²) < 4.78 is 0. The second-order valence-electron chi connectivity index (χ2n) is 5.71. The fourth-order valence-electron chi connectivity index (χ4n) is 1.68. The second-order valence-corrected chi connectivity index (χ2v) is 5.71. The van der Waals surface area contributed by atoms with Gasteiger partial charge in [0.25, 0.3) is 0 Å². The molecule has 4 heteroatoms. The summed E-state index contributed by atoms with van der Waals surface area (Å²) in [5.41, 5.74) is 3.30. The Morgan fingerprint density at radius 3 is 2.37 bits per heavy atom. The Morgan fingerprint density at radius 1 is 1.11 bits per heavy atom. The van der Waals surface area contributed by atoms with E-state index in [0.29, 0.717) is 0 Å². The summed E-state index contributed by atoms with van der Waals surface area (Å²) in [6.07, 6.45) is 7.34. The largest absolute Gasteiger partial charge is 0.308 e. The Bertz CT molecular complexity index is 541. The summed E-state index contributed by atoms with van der Waals surface area (Å²) in [5.74, 6) is 0.749. The molecule has 0 atom stereocenters. The van der Waals surface area contributed by atoms with Gasteiger partial charge in [-0.15, -0.1) is 0 Å². The van der Waals surface area contributed by atoms with Gasteiger partial charge in [-0.3, -0.25) is 4.98 Å². The molecule has 0 amide bonds. The molecule has 2 rings (SSSR count). The first-order chi connectivity index (χ1) is 8.96. The molecule has 0 aromatic carbocycles. The number of pyridine rings is 1. The van der Waals surface area contributed by atoms with Crippen LogP contribution < -0.4 is 5.32 Å². The molecule has 2 heterocycles. The Labute approximate surface area is 114 Å². The van der Waals surface area contributed by atoms with Crippen molar-refractivity contribution >= 4 is 0 Å². The molecule has 0 saturated heterocycles. The van der Waals surface area contributed by atoms with E-state index in [2.05, 4.69) is 41.0 Å². The van der Waals surface area contributed by atoms with Gasteiger partial charge in [-0.2, -0.15) is 0 Å². The molecule has 0 spiro atoms. The predicted molar refractivity (Wildman–Crippen MR) is 76.6 cm³/mol. The number of hydrogen-bond donors (Lipinski definition) is 1. The third-order valence-electron chi connectivity index (χ3n) is 2.79. The Morgan fingerprint density at radius 2 is 1.79 bits per heavy atom. The minimum atomic E-state index is 0.0976. The monoisotopic (exact) mass is 256 g/mol. The first-order valence-corrected chi connectivity index (χ1v) is 6.43. The van der Waals surface area contributed by atoms with Gasteiger partial charge in [0.1, 0.15) is 0 Å². The van der Waals surface area contributed by atoms with E-state index >= 15 is 0 Å². The molecule has 0 bridgehead atoms. The highest BCUT2D eigenvalue weighted by Gasteiger charge is 2.09. The van der Waals surface area contributed by atoms with Gasteiger partial charge in [0.2, 0.25) is 0 Å². The lowest BCUT2D eigenvalue weighted by Gasteiger charge is -2.20. The molecule has 0 fully saturated rings. The van der Waals surface area contributed by atoms with Crippen molar-refractivity contribution in [1.82, 2.24) is 20.3 Å². The average Bonchev–Trinajstić information content (AvgIpc) is 2.37. The maximum absolute atomic E-state index is 4.43. The van der Waals surface area contributed by atoms with Crippen molar-refractivity contribution in [2.75, 3.05) is 0 Å². The van der Waals surface area contributed by atoms with Crippen molar-refractivity contribution in [3.05, 3.63) is 42.0 Å². The van der Waals surface area contributed by atoms with Crippen LogP contribution in [0.3, 0.4) is 0 Å². The molecule has 2 aromatic heterocycles. The normalized spacial score (nSPS) is 11.6. The maximum atomic E-state index is 4.43. The summed E-state index contributed by atoms with van der Waals surface area (Å²) in [4.78, 5) is 12.9. The minimum absolute atomic E-state index is 0.0976. The van der Waals surface area contributed by atoms with Crippen LogP contribution in [0.2, 0.25) is 0 Å². The lowest BCUT2D eigenvalue weighted by molar-refractivity contribution is 0.423. The Balaban J connectivity index is 2.13. The van der Waals surface area contributed by atoms with Crippen LogP contribution in [0.25, 0.3) is 11.4 Å². The van der Waals surface area contributed by atoms with E-state index < -0.39 is 0 Å². The number of hydrogen-bond acceptors (Lipinski definition) is 4. The van der Waals surface area contributed by atoms with E-state index in [4.69, 9.17) is 0 Å². The van der Waals surface area contributed by atoms with Crippen molar-refractivity contribution in [2.45, 2.75) is 39.8 Å². The SMILES string of the molecule is Cc1cnccc1-c1ncc(CNC(C)(C)C)cn1. The maximum Gasteiger partial charge on any atom is 0.159 e. The fraction of sp³-hybridized carbons (Fsp3) is 0.400. The third kappa shape index (κ3) is 3.83. The van der Waals surface area contributed by atoms with Crippen LogP contribution in [0.5, 0.6) is 0 Å². The zero-order valence-corrected chi connectivity index (χ0v) is 11.9. The lowest BCUT2D eigenvalue weighted by atomic mass is 10.1. The molecule has 19 heavy (non-hydrogen) atoms. The molecule has 0 saturated carbocycles. The van der Waals surface area contributed by atoms with Gasteiger partial charge in [0, 0.05) is 48.0 Å². The quantitative estimate of drug-likeness (QED) is 0.917. The van der Waals surface area contributed by atoms with Crippen molar-refractivity contribution in [1.29, 1.82) is 0 Å². The van der Waals surface area contributed by atoms with Crippen LogP contribution in [-0.4, -0.2) is 20.5 Å². The van der Waals surface area contributed by atoms with Crippen molar-refractivity contribution in [3.8, 4) is 11.4 Å². The van der Waals surface area contributed by atoms with Crippen LogP contribution in [0.15, 0.2) is 30.9 Å². The van der Waals surface area contributed by atoms with Gasteiger partial charge in [-0.25, -0.2) is 9.97 Å². The molecule has 4 nitrogen and oxygen atoms in total. The molecule has 100 valence electrons. The van der Waals surface area contributed by atoms with Gasteiger partial charge < -0.3 is 5.32 Å². The highest BCUT2D eigenvalue weighted by Crippen LogP contribution is 2.17. The molecule has 0 aliphatic heterocycles. The number of nitrogens with zero attached hydrogens (tertiary/aromatic N) is 3. The number of aromatic nitrogens is 3. The van der Waals surface area contributed by atoms with Crippen molar-refractivity contribution < 1.29 is 0 Å². The molecular formula is C15H20N4. The molecule has 2 aromatic rings. The van der Waals surface area contributed by atoms with E-state index in [0.717, 1.165) is 29.1 Å². The van der Waals surface area contributed by atoms with Gasteiger partial charge in [0.05, 0.1) is 0 Å². The highest BCUT2D eigenvalue weighted by molar-refractivity contribution is 5.58. The standard InChI is InChI=1S/C15H20N4/c1-11-7-16-6-5-13(11)14-17-8-12(9-18-14)10-19-15(2,3)4/h5-9,19H,10H2,1-4H3. The van der Waals surface area contributed by atoms with Crippen LogP contribution in [-0.2, 0) is 6.54 Å². The van der Waals surface area contributed by atoms with Crippen LogP contribution in [0.4, 0.5) is 0 Å².